The Balaban J connectivity index is 1.66. The molecule has 6 nitrogen and oxygen atoms in total. The van der Waals surface area contributed by atoms with Crippen molar-refractivity contribution in [2.24, 2.45) is 0 Å². The molecule has 0 radical (unpaired) electrons. The van der Waals surface area contributed by atoms with E-state index in [-0.39, 0.29) is 26.8 Å². The summed E-state index contributed by atoms with van der Waals surface area (Å²) in [7, 11) is 1.24. The van der Waals surface area contributed by atoms with E-state index in [1.165, 1.54) is 31.4 Å². The molecule has 0 aliphatic rings. The minimum atomic E-state index is -4.65. The molecule has 0 unspecified atom stereocenters. The van der Waals surface area contributed by atoms with E-state index in [0.29, 0.717) is 11.3 Å². The average Bonchev–Trinajstić information content (AvgIpc) is 3.46. The Morgan fingerprint density at radius 3 is 2.44 bits per heavy atom. The molecule has 0 fully saturated rings. The molecule has 2 aromatic heterocycles. The quantitative estimate of drug-likeness (QED) is 0.322. The molecule has 0 saturated heterocycles. The number of carbonyl (C=O) groups is 2. The van der Waals surface area contributed by atoms with E-state index in [4.69, 9.17) is 16.3 Å². The number of para-hydroxylation sites is 1. The molecule has 0 aliphatic heterocycles. The lowest BCUT2D eigenvalue weighted by Gasteiger charge is -2.10. The first-order valence-corrected chi connectivity index (χ1v) is 10.9. The Bertz CT molecular complexity index is 1360. The van der Waals surface area contributed by atoms with E-state index in [1.54, 1.807) is 35.7 Å². The first-order valence-electron chi connectivity index (χ1n) is 9.69. The SMILES string of the molecule is COC(=O)c1sccc1NC(=O)c1ccc(-c2cc(C(F)(F)F)nn2-c2ccccc2Cl)cc1. The molecule has 2 heterocycles. The number of rotatable bonds is 5. The van der Waals surface area contributed by atoms with Crippen molar-refractivity contribution in [3.05, 3.63) is 87.2 Å². The number of methoxy groups -OCH3 is 1. The third-order valence-electron chi connectivity index (χ3n) is 4.81. The van der Waals surface area contributed by atoms with E-state index in [0.717, 1.165) is 22.1 Å². The molecule has 34 heavy (non-hydrogen) atoms. The van der Waals surface area contributed by atoms with Crippen LogP contribution in [0.25, 0.3) is 16.9 Å². The number of halogens is 4. The van der Waals surface area contributed by atoms with Gasteiger partial charge >= 0.3 is 12.1 Å². The van der Waals surface area contributed by atoms with Crippen LogP contribution in [0.5, 0.6) is 0 Å². The minimum Gasteiger partial charge on any atom is -0.465 e. The Kier molecular flexibility index (Phi) is 6.45. The molecule has 0 bridgehead atoms. The van der Waals surface area contributed by atoms with Crippen molar-refractivity contribution in [2.45, 2.75) is 6.18 Å². The molecule has 0 saturated carbocycles. The van der Waals surface area contributed by atoms with Gasteiger partial charge in [-0.3, -0.25) is 4.79 Å². The molecule has 1 amide bonds. The summed E-state index contributed by atoms with van der Waals surface area (Å²) in [5.41, 5.74) is 0.299. The van der Waals surface area contributed by atoms with Crippen LogP contribution in [-0.2, 0) is 10.9 Å². The van der Waals surface area contributed by atoms with E-state index >= 15 is 0 Å². The van der Waals surface area contributed by atoms with Crippen molar-refractivity contribution in [3.8, 4) is 16.9 Å². The number of hydrogen-bond donors (Lipinski definition) is 1. The fraction of sp³-hybridized carbons (Fsp3) is 0.0870. The smallest absolute Gasteiger partial charge is 0.435 e. The Labute approximate surface area is 200 Å². The Morgan fingerprint density at radius 1 is 1.09 bits per heavy atom. The van der Waals surface area contributed by atoms with Crippen molar-refractivity contribution in [3.63, 3.8) is 0 Å². The van der Waals surface area contributed by atoms with Crippen LogP contribution >= 0.6 is 22.9 Å². The van der Waals surface area contributed by atoms with Crippen LogP contribution in [0.4, 0.5) is 18.9 Å². The number of alkyl halides is 3. The largest absolute Gasteiger partial charge is 0.465 e. The van der Waals surface area contributed by atoms with Crippen molar-refractivity contribution in [2.75, 3.05) is 12.4 Å². The summed E-state index contributed by atoms with van der Waals surface area (Å²) in [6.45, 7) is 0. The Hall–Kier alpha value is -3.63. The molecule has 4 rings (SSSR count). The summed E-state index contributed by atoms with van der Waals surface area (Å²) in [6, 6.07) is 14.8. The van der Waals surface area contributed by atoms with E-state index in [2.05, 4.69) is 10.4 Å². The summed E-state index contributed by atoms with van der Waals surface area (Å²) in [5, 5.41) is 8.22. The van der Waals surface area contributed by atoms with Crippen molar-refractivity contribution in [1.29, 1.82) is 0 Å². The molecular formula is C23H15ClF3N3O3S. The highest BCUT2D eigenvalue weighted by atomic mass is 35.5. The average molecular weight is 506 g/mol. The summed E-state index contributed by atoms with van der Waals surface area (Å²) in [4.78, 5) is 24.7. The number of carbonyl (C=O) groups excluding carboxylic acids is 2. The van der Waals surface area contributed by atoms with E-state index in [1.807, 2.05) is 0 Å². The lowest BCUT2D eigenvalue weighted by molar-refractivity contribution is -0.141. The third-order valence-corrected chi connectivity index (χ3v) is 6.02. The fourth-order valence-electron chi connectivity index (χ4n) is 3.18. The first-order chi connectivity index (χ1) is 16.2. The van der Waals surface area contributed by atoms with Crippen LogP contribution < -0.4 is 5.32 Å². The summed E-state index contributed by atoms with van der Waals surface area (Å²) in [5.74, 6) is -1.07. The van der Waals surface area contributed by atoms with Crippen LogP contribution in [-0.4, -0.2) is 28.8 Å². The van der Waals surface area contributed by atoms with Gasteiger partial charge in [-0.05, 0) is 41.8 Å². The maximum absolute atomic E-state index is 13.4. The van der Waals surface area contributed by atoms with Gasteiger partial charge in [0.1, 0.15) is 4.88 Å². The third kappa shape index (κ3) is 4.68. The molecule has 4 aromatic rings. The van der Waals surface area contributed by atoms with Crippen LogP contribution in [0.3, 0.4) is 0 Å². The lowest BCUT2D eigenvalue weighted by atomic mass is 10.1. The summed E-state index contributed by atoms with van der Waals surface area (Å²) in [6.07, 6.45) is -4.65. The highest BCUT2D eigenvalue weighted by Crippen LogP contribution is 2.34. The van der Waals surface area contributed by atoms with Gasteiger partial charge in [-0.25, -0.2) is 9.48 Å². The minimum absolute atomic E-state index is 0.151. The molecule has 0 atom stereocenters. The van der Waals surface area contributed by atoms with Crippen LogP contribution in [0.15, 0.2) is 66.0 Å². The normalized spacial score (nSPS) is 11.3. The van der Waals surface area contributed by atoms with Crippen molar-refractivity contribution < 1.29 is 27.5 Å². The number of amides is 1. The number of thiophene rings is 1. The number of hydrogen-bond acceptors (Lipinski definition) is 5. The summed E-state index contributed by atoms with van der Waals surface area (Å²) < 4.78 is 46.0. The monoisotopic (exact) mass is 505 g/mol. The number of nitrogens with zero attached hydrogens (tertiary/aromatic N) is 2. The molecule has 11 heteroatoms. The van der Waals surface area contributed by atoms with E-state index in [9.17, 15) is 22.8 Å². The molecule has 0 aliphatic carbocycles. The van der Waals surface area contributed by atoms with Gasteiger partial charge in [0.2, 0.25) is 0 Å². The van der Waals surface area contributed by atoms with Crippen molar-refractivity contribution in [1.82, 2.24) is 9.78 Å². The number of nitrogens with one attached hydrogen (secondary N) is 1. The Morgan fingerprint density at radius 2 is 1.79 bits per heavy atom. The van der Waals surface area contributed by atoms with E-state index < -0.39 is 23.7 Å². The second-order valence-corrected chi connectivity index (χ2v) is 8.29. The van der Waals surface area contributed by atoms with Crippen LogP contribution in [0, 0.1) is 0 Å². The molecule has 2 aromatic carbocycles. The van der Waals surface area contributed by atoms with Crippen molar-refractivity contribution >= 4 is 40.5 Å². The second-order valence-electron chi connectivity index (χ2n) is 6.96. The fourth-order valence-corrected chi connectivity index (χ4v) is 4.16. The number of benzene rings is 2. The number of ether oxygens (including phenoxy) is 1. The second kappa shape index (κ2) is 9.32. The highest BCUT2D eigenvalue weighted by Gasteiger charge is 2.35. The zero-order chi connectivity index (χ0) is 24.5. The van der Waals surface area contributed by atoms with Gasteiger partial charge in [0, 0.05) is 11.1 Å². The number of anilines is 1. The topological polar surface area (TPSA) is 73.2 Å². The zero-order valence-corrected chi connectivity index (χ0v) is 19.0. The molecular weight excluding hydrogens is 491 g/mol. The van der Waals surface area contributed by atoms with Gasteiger partial charge in [0.15, 0.2) is 5.69 Å². The van der Waals surface area contributed by atoms with Crippen LogP contribution in [0.2, 0.25) is 5.02 Å². The van der Waals surface area contributed by atoms with Gasteiger partial charge < -0.3 is 10.1 Å². The number of aromatic nitrogens is 2. The van der Waals surface area contributed by atoms with Gasteiger partial charge in [-0.15, -0.1) is 11.3 Å². The first kappa shape index (κ1) is 23.5. The molecule has 0 spiro atoms. The predicted molar refractivity (Wildman–Crippen MR) is 123 cm³/mol. The maximum Gasteiger partial charge on any atom is 0.435 e. The zero-order valence-electron chi connectivity index (χ0n) is 17.4. The van der Waals surface area contributed by atoms with Gasteiger partial charge in [0.25, 0.3) is 5.91 Å². The lowest BCUT2D eigenvalue weighted by Crippen LogP contribution is -2.13. The maximum atomic E-state index is 13.4. The van der Waals surface area contributed by atoms with Gasteiger partial charge in [-0.1, -0.05) is 35.9 Å². The molecule has 1 N–H and O–H groups in total. The highest BCUT2D eigenvalue weighted by molar-refractivity contribution is 7.12. The predicted octanol–water partition coefficient (Wildman–Crippen LogP) is 6.31. The standard InChI is InChI=1S/C23H15ClF3N3O3S/c1-33-22(32)20-16(10-11-34-20)28-21(31)14-8-6-13(7-9-14)18-12-19(23(25,26)27)29-30(18)17-5-3-2-4-15(17)24/h2-12H,1H3,(H,28,31). The summed E-state index contributed by atoms with van der Waals surface area (Å²) >= 11 is 7.32. The van der Waals surface area contributed by atoms with Crippen LogP contribution in [0.1, 0.15) is 25.7 Å². The van der Waals surface area contributed by atoms with Gasteiger partial charge in [-0.2, -0.15) is 18.3 Å². The molecule has 174 valence electrons. The number of esters is 1. The van der Waals surface area contributed by atoms with Gasteiger partial charge in [0.05, 0.1) is 29.2 Å².